The summed E-state index contributed by atoms with van der Waals surface area (Å²) >= 11 is 6.13. The number of amides is 2. The smallest absolute Gasteiger partial charge is 0.407 e. The Balaban J connectivity index is 1.18. The minimum atomic E-state index is -1.20. The number of anilines is 1. The summed E-state index contributed by atoms with van der Waals surface area (Å²) in [5.41, 5.74) is 8.66. The number of aromatic nitrogens is 1. The third-order valence-corrected chi connectivity index (χ3v) is 8.38. The van der Waals surface area contributed by atoms with E-state index in [0.717, 1.165) is 11.8 Å². The van der Waals surface area contributed by atoms with Gasteiger partial charge < -0.3 is 31.2 Å². The number of pyridine rings is 1. The summed E-state index contributed by atoms with van der Waals surface area (Å²) < 4.78 is 53.9. The predicted octanol–water partition coefficient (Wildman–Crippen LogP) is 5.47. The van der Waals surface area contributed by atoms with Gasteiger partial charge in [-0.1, -0.05) is 54.1 Å². The third kappa shape index (κ3) is 9.32. The molecule has 0 bridgehead atoms. The normalized spacial score (nSPS) is 16.7. The lowest BCUT2D eigenvalue weighted by molar-refractivity contribution is -0.117. The number of benzene rings is 3. The summed E-state index contributed by atoms with van der Waals surface area (Å²) in [5, 5.41) is 9.15. The molecule has 0 saturated carbocycles. The third-order valence-electron chi connectivity index (χ3n) is 8.01. The minimum absolute atomic E-state index is 0.00392. The van der Waals surface area contributed by atoms with Gasteiger partial charge in [0.15, 0.2) is 0 Å². The second-order valence-electron chi connectivity index (χ2n) is 11.4. The summed E-state index contributed by atoms with van der Waals surface area (Å²) in [7, 11) is 0. The number of morpholine rings is 1. The van der Waals surface area contributed by atoms with Gasteiger partial charge in [0.25, 0.3) is 0 Å². The maximum atomic E-state index is 15.1. The molecule has 3 aromatic carbocycles. The quantitative estimate of drug-likeness (QED) is 0.156. The highest BCUT2D eigenvalue weighted by Crippen LogP contribution is 2.29. The van der Waals surface area contributed by atoms with Crippen LogP contribution < -0.4 is 21.7 Å². The zero-order valence-electron chi connectivity index (χ0n) is 25.8. The molecule has 0 radical (unpaired) electrons. The van der Waals surface area contributed by atoms with Crippen LogP contribution in [0.3, 0.4) is 0 Å². The number of nitrogens with one attached hydrogen (secondary N) is 3. The van der Waals surface area contributed by atoms with Crippen LogP contribution in [-0.2, 0) is 27.2 Å². The number of hydrogen-bond acceptors (Lipinski definition) is 7. The molecule has 2 heterocycles. The molecule has 5 rings (SSSR count). The largest absolute Gasteiger partial charge is 0.447 e. The van der Waals surface area contributed by atoms with Crippen molar-refractivity contribution in [1.82, 2.24) is 15.6 Å². The molecule has 13 heteroatoms. The molecule has 4 aromatic rings. The van der Waals surface area contributed by atoms with Gasteiger partial charge in [0.1, 0.15) is 30.2 Å². The number of ether oxygens (including phenoxy) is 2. The molecule has 0 unspecified atom stereocenters. The van der Waals surface area contributed by atoms with Gasteiger partial charge >= 0.3 is 6.09 Å². The van der Waals surface area contributed by atoms with Gasteiger partial charge in [-0.15, -0.1) is 0 Å². The maximum absolute atomic E-state index is 15.1. The minimum Gasteiger partial charge on any atom is -0.447 e. The molecule has 0 spiro atoms. The standard InChI is InChI=1S/C35H35ClF3N5O4/c36-29-4-2-1-3-23(29)15-43-35(46)47-20-27-17-41-16-26(48-27)13-14-28-30(39)18-42-19-31(28)44-34(45)33(40)32(21-5-9-24(37)10-6-21)22-7-11-25(38)12-8-22/h1-12,18-19,26-27,32-33,41H,13-17,20,40H2,(H,43,46)(H,44,45)/t26-,27+,33+/m1/s1. The molecule has 0 aliphatic carbocycles. The Morgan fingerprint density at radius 1 is 0.958 bits per heavy atom. The monoisotopic (exact) mass is 681 g/mol. The number of carbonyl (C=O) groups is 2. The topological polar surface area (TPSA) is 128 Å². The summed E-state index contributed by atoms with van der Waals surface area (Å²) in [6.07, 6.45) is 1.60. The first-order valence-corrected chi connectivity index (χ1v) is 15.8. The van der Waals surface area contributed by atoms with Crippen LogP contribution in [0.15, 0.2) is 85.2 Å². The summed E-state index contributed by atoms with van der Waals surface area (Å²) in [4.78, 5) is 29.6. The molecule has 1 saturated heterocycles. The first kappa shape index (κ1) is 34.8. The molecule has 1 aliphatic rings. The highest BCUT2D eigenvalue weighted by molar-refractivity contribution is 6.31. The fourth-order valence-electron chi connectivity index (χ4n) is 5.51. The highest BCUT2D eigenvalue weighted by atomic mass is 35.5. The number of halogens is 4. The average Bonchev–Trinajstić information content (AvgIpc) is 3.08. The van der Waals surface area contributed by atoms with Crippen LogP contribution in [0.5, 0.6) is 0 Å². The van der Waals surface area contributed by atoms with Gasteiger partial charge in [-0.3, -0.25) is 9.78 Å². The van der Waals surface area contributed by atoms with Gasteiger partial charge in [-0.2, -0.15) is 0 Å². The van der Waals surface area contributed by atoms with Crippen molar-refractivity contribution in [2.75, 3.05) is 25.0 Å². The molecule has 2 amide bonds. The molecule has 3 atom stereocenters. The van der Waals surface area contributed by atoms with Crippen molar-refractivity contribution >= 4 is 29.3 Å². The molecule has 9 nitrogen and oxygen atoms in total. The second-order valence-corrected chi connectivity index (χ2v) is 11.8. The van der Waals surface area contributed by atoms with Crippen molar-refractivity contribution < 1.29 is 32.2 Å². The van der Waals surface area contributed by atoms with E-state index in [9.17, 15) is 18.4 Å². The Labute approximate surface area is 281 Å². The SMILES string of the molecule is N[C@H](C(=O)Nc1cncc(F)c1CC[C@@H]1CNC[C@@H](COC(=O)NCc2ccccc2Cl)O1)C(c1ccc(F)cc1)c1ccc(F)cc1. The first-order valence-electron chi connectivity index (χ1n) is 15.4. The van der Waals surface area contributed by atoms with Crippen LogP contribution in [0.4, 0.5) is 23.7 Å². The molecule has 5 N–H and O–H groups in total. The number of nitrogens with zero attached hydrogens (tertiary/aromatic N) is 1. The first-order chi connectivity index (χ1) is 23.2. The highest BCUT2D eigenvalue weighted by Gasteiger charge is 2.29. The summed E-state index contributed by atoms with van der Waals surface area (Å²) in [6.45, 7) is 1.17. The number of rotatable bonds is 12. The van der Waals surface area contributed by atoms with Crippen molar-refractivity contribution in [2.45, 2.75) is 43.6 Å². The lowest BCUT2D eigenvalue weighted by Crippen LogP contribution is -2.47. The van der Waals surface area contributed by atoms with Crippen molar-refractivity contribution in [3.8, 4) is 0 Å². The van der Waals surface area contributed by atoms with Crippen LogP contribution in [0.1, 0.15) is 34.6 Å². The Bertz CT molecular complexity index is 1650. The number of alkyl carbamates (subject to hydrolysis) is 1. The van der Waals surface area contributed by atoms with Crippen LogP contribution in [0, 0.1) is 17.5 Å². The average molecular weight is 682 g/mol. The number of carbonyl (C=O) groups excluding carboxylic acids is 2. The van der Waals surface area contributed by atoms with Crippen LogP contribution in [-0.4, -0.2) is 54.9 Å². The molecule has 1 aliphatic heterocycles. The van der Waals surface area contributed by atoms with Crippen LogP contribution in [0.25, 0.3) is 0 Å². The Morgan fingerprint density at radius 3 is 2.27 bits per heavy atom. The van der Waals surface area contributed by atoms with Crippen molar-refractivity contribution in [3.05, 3.63) is 130 Å². The van der Waals surface area contributed by atoms with Gasteiger partial charge in [0.05, 0.1) is 30.2 Å². The van der Waals surface area contributed by atoms with E-state index in [1.54, 1.807) is 18.2 Å². The maximum Gasteiger partial charge on any atom is 0.407 e. The van der Waals surface area contributed by atoms with E-state index < -0.39 is 47.5 Å². The van der Waals surface area contributed by atoms with Crippen molar-refractivity contribution in [2.24, 2.45) is 5.73 Å². The van der Waals surface area contributed by atoms with Gasteiger partial charge in [0, 0.05) is 36.1 Å². The fraction of sp³-hybridized carbons (Fsp3) is 0.286. The number of hydrogen-bond donors (Lipinski definition) is 4. The summed E-state index contributed by atoms with van der Waals surface area (Å²) in [6, 6.07) is 17.0. The fourth-order valence-corrected chi connectivity index (χ4v) is 5.72. The van der Waals surface area contributed by atoms with Gasteiger partial charge in [-0.25, -0.2) is 18.0 Å². The molecular formula is C35H35ClF3N5O4. The lowest BCUT2D eigenvalue weighted by Gasteiger charge is -2.31. The summed E-state index contributed by atoms with van der Waals surface area (Å²) in [5.74, 6) is -2.93. The molecule has 1 fully saturated rings. The van der Waals surface area contributed by atoms with E-state index in [4.69, 9.17) is 26.8 Å². The Morgan fingerprint density at radius 2 is 1.60 bits per heavy atom. The van der Waals surface area contributed by atoms with Gasteiger partial charge in [0.2, 0.25) is 5.91 Å². The lowest BCUT2D eigenvalue weighted by atomic mass is 9.85. The molecule has 1 aromatic heterocycles. The van der Waals surface area contributed by atoms with Crippen molar-refractivity contribution in [1.29, 1.82) is 0 Å². The molecule has 252 valence electrons. The van der Waals surface area contributed by atoms with E-state index in [2.05, 4.69) is 20.9 Å². The number of nitrogens with two attached hydrogens (primary N) is 1. The van der Waals surface area contributed by atoms with E-state index >= 15 is 4.39 Å². The van der Waals surface area contributed by atoms with E-state index in [1.165, 1.54) is 54.7 Å². The zero-order valence-corrected chi connectivity index (χ0v) is 26.6. The molecule has 48 heavy (non-hydrogen) atoms. The second kappa shape index (κ2) is 16.6. The molecular weight excluding hydrogens is 647 g/mol. The Kier molecular flexibility index (Phi) is 12.0. The predicted molar refractivity (Wildman–Crippen MR) is 175 cm³/mol. The van der Waals surface area contributed by atoms with E-state index in [0.29, 0.717) is 35.7 Å². The zero-order chi connectivity index (χ0) is 34.0. The van der Waals surface area contributed by atoms with Gasteiger partial charge in [-0.05, 0) is 59.9 Å². The van der Waals surface area contributed by atoms with Crippen LogP contribution >= 0.6 is 11.6 Å². The van der Waals surface area contributed by atoms with E-state index in [-0.39, 0.29) is 36.9 Å². The van der Waals surface area contributed by atoms with Crippen LogP contribution in [0.2, 0.25) is 5.02 Å². The Hall–Kier alpha value is -4.49. The van der Waals surface area contributed by atoms with E-state index in [1.807, 2.05) is 6.07 Å². The van der Waals surface area contributed by atoms with Crippen molar-refractivity contribution in [3.63, 3.8) is 0 Å².